The molecular formula is C11H14NO. The predicted molar refractivity (Wildman–Crippen MR) is 52.7 cm³/mol. The lowest BCUT2D eigenvalue weighted by molar-refractivity contribution is 0.0904. The molecule has 0 spiro atoms. The van der Waals surface area contributed by atoms with Gasteiger partial charge in [-0.3, -0.25) is 0 Å². The Kier molecular flexibility index (Phi) is 2.82. The Morgan fingerprint density at radius 1 is 1.38 bits per heavy atom. The van der Waals surface area contributed by atoms with Crippen LogP contribution in [0.1, 0.15) is 12.8 Å². The van der Waals surface area contributed by atoms with Crippen LogP contribution >= 0.6 is 0 Å². The Hall–Kier alpha value is -1.02. The van der Waals surface area contributed by atoms with Crippen LogP contribution in [0.3, 0.4) is 0 Å². The molecule has 1 aliphatic rings. The van der Waals surface area contributed by atoms with Crippen LogP contribution < -0.4 is 5.32 Å². The number of hydrogen-bond acceptors (Lipinski definition) is 2. The Morgan fingerprint density at radius 2 is 2.23 bits per heavy atom. The van der Waals surface area contributed by atoms with Gasteiger partial charge >= 0.3 is 0 Å². The van der Waals surface area contributed by atoms with Gasteiger partial charge in [-0.1, -0.05) is 12.1 Å². The monoisotopic (exact) mass is 176 g/mol. The van der Waals surface area contributed by atoms with E-state index < -0.39 is 0 Å². The molecule has 0 atom stereocenters. The number of nitrogens with one attached hydrogen (secondary N) is 1. The fraction of sp³-hybridized carbons (Fsp3) is 0.455. The van der Waals surface area contributed by atoms with E-state index in [9.17, 15) is 0 Å². The predicted octanol–water partition coefficient (Wildman–Crippen LogP) is 2.08. The summed E-state index contributed by atoms with van der Waals surface area (Å²) in [7, 11) is 0. The Bertz CT molecular complexity index is 242. The van der Waals surface area contributed by atoms with Crippen LogP contribution in [0.15, 0.2) is 24.3 Å². The van der Waals surface area contributed by atoms with Gasteiger partial charge in [0.25, 0.3) is 0 Å². The van der Waals surface area contributed by atoms with Gasteiger partial charge in [-0.15, -0.1) is 0 Å². The molecule has 1 fully saturated rings. The highest BCUT2D eigenvalue weighted by Gasteiger charge is 2.12. The van der Waals surface area contributed by atoms with E-state index in [2.05, 4.69) is 17.4 Å². The van der Waals surface area contributed by atoms with Crippen molar-refractivity contribution >= 4 is 5.69 Å². The van der Waals surface area contributed by atoms with Gasteiger partial charge in [0.2, 0.25) is 0 Å². The second-order valence-electron chi connectivity index (χ2n) is 3.32. The minimum Gasteiger partial charge on any atom is -0.382 e. The van der Waals surface area contributed by atoms with Crippen molar-refractivity contribution in [3.63, 3.8) is 0 Å². The molecule has 2 rings (SSSR count). The molecule has 1 aromatic rings. The first-order valence-electron chi connectivity index (χ1n) is 4.75. The molecule has 2 nitrogen and oxygen atoms in total. The quantitative estimate of drug-likeness (QED) is 0.745. The average Bonchev–Trinajstić information content (AvgIpc) is 2.21. The van der Waals surface area contributed by atoms with Crippen molar-refractivity contribution < 1.29 is 4.74 Å². The van der Waals surface area contributed by atoms with Gasteiger partial charge < -0.3 is 10.1 Å². The molecule has 1 heterocycles. The van der Waals surface area contributed by atoms with E-state index in [-0.39, 0.29) is 0 Å². The van der Waals surface area contributed by atoms with E-state index in [1.807, 2.05) is 18.2 Å². The first-order chi connectivity index (χ1) is 6.45. The summed E-state index contributed by atoms with van der Waals surface area (Å²) < 4.78 is 5.29. The summed E-state index contributed by atoms with van der Waals surface area (Å²) in [5.74, 6) is 0. The highest BCUT2D eigenvalue weighted by molar-refractivity contribution is 5.42. The van der Waals surface area contributed by atoms with E-state index in [4.69, 9.17) is 4.74 Å². The lowest BCUT2D eigenvalue weighted by Gasteiger charge is -2.23. The van der Waals surface area contributed by atoms with Crippen molar-refractivity contribution in [1.82, 2.24) is 0 Å². The molecule has 0 bridgehead atoms. The minimum absolute atomic E-state index is 0.574. The van der Waals surface area contributed by atoms with Crippen LogP contribution in [0.4, 0.5) is 5.69 Å². The maximum absolute atomic E-state index is 5.29. The SMILES string of the molecule is [c]1cccc(NC2CCOCC2)c1. The third kappa shape index (κ3) is 2.46. The standard InChI is InChI=1S/C11H14NO/c1-2-4-10(5-3-1)12-11-6-8-13-9-7-11/h1-2,4-5,11-12H,6-9H2. The first kappa shape index (κ1) is 8.57. The molecule has 1 radical (unpaired) electrons. The molecule has 0 aliphatic carbocycles. The fourth-order valence-electron chi connectivity index (χ4n) is 1.56. The zero-order valence-corrected chi connectivity index (χ0v) is 7.62. The number of hydrogen-bond donors (Lipinski definition) is 1. The Labute approximate surface area is 78.9 Å². The molecule has 2 heteroatoms. The number of rotatable bonds is 2. The van der Waals surface area contributed by atoms with E-state index in [1.165, 1.54) is 0 Å². The summed E-state index contributed by atoms with van der Waals surface area (Å²) in [5, 5.41) is 3.47. The van der Waals surface area contributed by atoms with Gasteiger partial charge in [-0.25, -0.2) is 0 Å². The van der Waals surface area contributed by atoms with Crippen molar-refractivity contribution in [2.75, 3.05) is 18.5 Å². The summed E-state index contributed by atoms with van der Waals surface area (Å²) in [6.07, 6.45) is 2.21. The van der Waals surface area contributed by atoms with Crippen molar-refractivity contribution in [3.05, 3.63) is 30.3 Å². The summed E-state index contributed by atoms with van der Waals surface area (Å²) >= 11 is 0. The molecule has 0 saturated carbocycles. The lowest BCUT2D eigenvalue weighted by Crippen LogP contribution is -2.27. The number of benzene rings is 1. The summed E-state index contributed by atoms with van der Waals surface area (Å²) in [6.45, 7) is 1.77. The van der Waals surface area contributed by atoms with Crippen molar-refractivity contribution in [1.29, 1.82) is 0 Å². The largest absolute Gasteiger partial charge is 0.382 e. The Morgan fingerprint density at radius 3 is 2.92 bits per heavy atom. The van der Waals surface area contributed by atoms with Crippen LogP contribution in [0.2, 0.25) is 0 Å². The van der Waals surface area contributed by atoms with Gasteiger partial charge in [-0.05, 0) is 31.0 Å². The third-order valence-corrected chi connectivity index (χ3v) is 2.30. The van der Waals surface area contributed by atoms with Crippen molar-refractivity contribution in [2.45, 2.75) is 18.9 Å². The van der Waals surface area contributed by atoms with Crippen LogP contribution in [-0.4, -0.2) is 19.3 Å². The van der Waals surface area contributed by atoms with E-state index >= 15 is 0 Å². The molecule has 13 heavy (non-hydrogen) atoms. The summed E-state index contributed by atoms with van der Waals surface area (Å²) in [5.41, 5.74) is 1.16. The highest BCUT2D eigenvalue weighted by atomic mass is 16.5. The van der Waals surface area contributed by atoms with Crippen LogP contribution in [0.5, 0.6) is 0 Å². The van der Waals surface area contributed by atoms with Gasteiger partial charge in [0.1, 0.15) is 0 Å². The molecule has 69 valence electrons. The molecule has 0 amide bonds. The zero-order chi connectivity index (χ0) is 8.93. The summed E-state index contributed by atoms with van der Waals surface area (Å²) in [4.78, 5) is 0. The molecular weight excluding hydrogens is 162 g/mol. The second-order valence-corrected chi connectivity index (χ2v) is 3.32. The van der Waals surface area contributed by atoms with Crippen LogP contribution in [-0.2, 0) is 4.74 Å². The van der Waals surface area contributed by atoms with Gasteiger partial charge in [0.05, 0.1) is 0 Å². The zero-order valence-electron chi connectivity index (χ0n) is 7.62. The molecule has 1 saturated heterocycles. The maximum atomic E-state index is 5.29. The van der Waals surface area contributed by atoms with E-state index in [1.54, 1.807) is 0 Å². The van der Waals surface area contributed by atoms with Gasteiger partial charge in [0, 0.05) is 24.9 Å². The fourth-order valence-corrected chi connectivity index (χ4v) is 1.56. The molecule has 1 N–H and O–H groups in total. The first-order valence-corrected chi connectivity index (χ1v) is 4.75. The van der Waals surface area contributed by atoms with E-state index in [0.717, 1.165) is 31.7 Å². The third-order valence-electron chi connectivity index (χ3n) is 2.30. The minimum atomic E-state index is 0.574. The van der Waals surface area contributed by atoms with E-state index in [0.29, 0.717) is 6.04 Å². The van der Waals surface area contributed by atoms with Crippen LogP contribution in [0, 0.1) is 6.07 Å². The van der Waals surface area contributed by atoms with Crippen LogP contribution in [0.25, 0.3) is 0 Å². The highest BCUT2D eigenvalue weighted by Crippen LogP contribution is 2.13. The maximum Gasteiger partial charge on any atom is 0.0485 e. The molecule has 0 unspecified atom stereocenters. The summed E-state index contributed by atoms with van der Waals surface area (Å²) in [6, 6.07) is 11.6. The molecule has 0 aromatic heterocycles. The molecule has 1 aromatic carbocycles. The number of anilines is 1. The lowest BCUT2D eigenvalue weighted by atomic mass is 10.1. The van der Waals surface area contributed by atoms with Crippen molar-refractivity contribution in [2.24, 2.45) is 0 Å². The normalized spacial score (nSPS) is 18.5. The Balaban J connectivity index is 1.90. The topological polar surface area (TPSA) is 21.3 Å². The number of ether oxygens (including phenoxy) is 1. The van der Waals surface area contributed by atoms with Gasteiger partial charge in [-0.2, -0.15) is 0 Å². The van der Waals surface area contributed by atoms with Crippen molar-refractivity contribution in [3.8, 4) is 0 Å². The average molecular weight is 176 g/mol. The smallest absolute Gasteiger partial charge is 0.0485 e. The molecule has 1 aliphatic heterocycles. The van der Waals surface area contributed by atoms with Gasteiger partial charge in [0.15, 0.2) is 0 Å². The second kappa shape index (κ2) is 4.28.